The van der Waals surface area contributed by atoms with Crippen molar-refractivity contribution < 1.29 is 9.59 Å². The smallest absolute Gasteiger partial charge is 0.241 e. The van der Waals surface area contributed by atoms with Crippen LogP contribution in [-0.4, -0.2) is 53.8 Å². The van der Waals surface area contributed by atoms with Gasteiger partial charge in [-0.1, -0.05) is 18.2 Å². The van der Waals surface area contributed by atoms with Crippen LogP contribution in [0, 0.1) is 0 Å². The van der Waals surface area contributed by atoms with Crippen LogP contribution in [0.15, 0.2) is 48.7 Å². The molecule has 1 saturated heterocycles. The molecule has 1 amide bonds. The number of amides is 1. The maximum atomic E-state index is 12.6. The third-order valence-corrected chi connectivity index (χ3v) is 4.75. The first-order valence-corrected chi connectivity index (χ1v) is 8.86. The van der Waals surface area contributed by atoms with Crippen LogP contribution in [0.3, 0.4) is 0 Å². The van der Waals surface area contributed by atoms with Crippen molar-refractivity contribution in [3.63, 3.8) is 0 Å². The lowest BCUT2D eigenvalue weighted by molar-refractivity contribution is -0.120. The van der Waals surface area contributed by atoms with Gasteiger partial charge in [-0.05, 0) is 38.1 Å². The summed E-state index contributed by atoms with van der Waals surface area (Å²) in [6, 6.07) is 12.7. The van der Waals surface area contributed by atoms with E-state index in [1.807, 2.05) is 25.1 Å². The minimum Gasteiger partial charge on any atom is -0.354 e. The first-order chi connectivity index (χ1) is 12.5. The second-order valence-electron chi connectivity index (χ2n) is 6.51. The summed E-state index contributed by atoms with van der Waals surface area (Å²) in [6.07, 6.45) is 1.80. The van der Waals surface area contributed by atoms with Crippen molar-refractivity contribution in [2.45, 2.75) is 19.9 Å². The van der Waals surface area contributed by atoms with E-state index >= 15 is 0 Å². The molecule has 0 bridgehead atoms. The van der Waals surface area contributed by atoms with Gasteiger partial charge < -0.3 is 10.2 Å². The van der Waals surface area contributed by atoms with Gasteiger partial charge in [0, 0.05) is 43.6 Å². The van der Waals surface area contributed by atoms with Crippen molar-refractivity contribution in [3.8, 4) is 0 Å². The Morgan fingerprint density at radius 3 is 2.50 bits per heavy atom. The molecular weight excluding hydrogens is 328 g/mol. The number of benzene rings is 1. The summed E-state index contributed by atoms with van der Waals surface area (Å²) >= 11 is 0. The van der Waals surface area contributed by atoms with Crippen LogP contribution >= 0.6 is 0 Å². The highest BCUT2D eigenvalue weighted by molar-refractivity contribution is 5.98. The largest absolute Gasteiger partial charge is 0.354 e. The summed E-state index contributed by atoms with van der Waals surface area (Å²) in [4.78, 5) is 32.9. The molecule has 1 N–H and O–H groups in total. The predicted octanol–water partition coefficient (Wildman–Crippen LogP) is 2.43. The number of carbonyl (C=O) groups is 2. The molecule has 6 heteroatoms. The van der Waals surface area contributed by atoms with Crippen LogP contribution in [0.5, 0.6) is 0 Å². The van der Waals surface area contributed by atoms with Crippen molar-refractivity contribution in [1.29, 1.82) is 0 Å². The van der Waals surface area contributed by atoms with Gasteiger partial charge in [0.1, 0.15) is 5.82 Å². The number of aromatic nitrogens is 1. The van der Waals surface area contributed by atoms with Crippen molar-refractivity contribution in [2.24, 2.45) is 0 Å². The molecule has 136 valence electrons. The summed E-state index contributed by atoms with van der Waals surface area (Å²) in [7, 11) is 0. The molecule has 0 aliphatic carbocycles. The van der Waals surface area contributed by atoms with Crippen LogP contribution in [0.25, 0.3) is 0 Å². The van der Waals surface area contributed by atoms with Crippen LogP contribution in [0.1, 0.15) is 24.2 Å². The molecule has 26 heavy (non-hydrogen) atoms. The zero-order valence-electron chi connectivity index (χ0n) is 15.2. The van der Waals surface area contributed by atoms with Gasteiger partial charge in [-0.3, -0.25) is 14.5 Å². The first-order valence-electron chi connectivity index (χ1n) is 8.86. The first kappa shape index (κ1) is 18.1. The fraction of sp³-hybridized carbons (Fsp3) is 0.350. The quantitative estimate of drug-likeness (QED) is 0.837. The summed E-state index contributed by atoms with van der Waals surface area (Å²) in [6.45, 7) is 6.73. The number of rotatable bonds is 5. The molecule has 2 aromatic rings. The number of anilines is 2. The normalized spacial score (nSPS) is 16.2. The third kappa shape index (κ3) is 4.26. The Morgan fingerprint density at radius 1 is 1.08 bits per heavy atom. The highest BCUT2D eigenvalue weighted by atomic mass is 16.2. The molecule has 1 aromatic heterocycles. The van der Waals surface area contributed by atoms with Crippen molar-refractivity contribution in [1.82, 2.24) is 9.88 Å². The summed E-state index contributed by atoms with van der Waals surface area (Å²) in [5, 5.41) is 2.92. The Bertz CT molecular complexity index is 770. The van der Waals surface area contributed by atoms with Crippen molar-refractivity contribution in [2.75, 3.05) is 36.4 Å². The highest BCUT2D eigenvalue weighted by Gasteiger charge is 2.26. The standard InChI is InChI=1S/C20H24N4O2/c1-15(20(26)22-18-7-5-6-17(14-18)16(2)25)23-10-12-24(13-11-23)19-8-3-4-9-21-19/h3-9,14-15H,10-13H2,1-2H3,(H,22,26)/t15-/m1/s1. The molecule has 1 aliphatic rings. The van der Waals surface area contributed by atoms with Gasteiger partial charge in [0.25, 0.3) is 0 Å². The molecular formula is C20H24N4O2. The second-order valence-corrected chi connectivity index (χ2v) is 6.51. The summed E-state index contributed by atoms with van der Waals surface area (Å²) in [5.74, 6) is 0.905. The van der Waals surface area contributed by atoms with E-state index in [1.165, 1.54) is 6.92 Å². The Morgan fingerprint density at radius 2 is 1.85 bits per heavy atom. The molecule has 0 radical (unpaired) electrons. The van der Waals surface area contributed by atoms with Crippen LogP contribution in [-0.2, 0) is 4.79 Å². The topological polar surface area (TPSA) is 65.5 Å². The second kappa shape index (κ2) is 8.10. The lowest BCUT2D eigenvalue weighted by Gasteiger charge is -2.37. The van der Waals surface area contributed by atoms with Gasteiger partial charge >= 0.3 is 0 Å². The van der Waals surface area contributed by atoms with Gasteiger partial charge in [0.15, 0.2) is 5.78 Å². The number of piperazine rings is 1. The fourth-order valence-corrected chi connectivity index (χ4v) is 3.11. The van der Waals surface area contributed by atoms with Crippen LogP contribution < -0.4 is 10.2 Å². The lowest BCUT2D eigenvalue weighted by Crippen LogP contribution is -2.53. The third-order valence-electron chi connectivity index (χ3n) is 4.75. The van der Waals surface area contributed by atoms with Crippen LogP contribution in [0.4, 0.5) is 11.5 Å². The van der Waals surface area contributed by atoms with Crippen LogP contribution in [0.2, 0.25) is 0 Å². The van der Waals surface area contributed by atoms with E-state index in [-0.39, 0.29) is 17.7 Å². The van der Waals surface area contributed by atoms with Gasteiger partial charge in [-0.25, -0.2) is 4.98 Å². The van der Waals surface area contributed by atoms with Gasteiger partial charge in [-0.2, -0.15) is 0 Å². The number of pyridine rings is 1. The Balaban J connectivity index is 1.56. The number of carbonyl (C=O) groups excluding carboxylic acids is 2. The van der Waals surface area contributed by atoms with E-state index in [1.54, 1.807) is 30.5 Å². The molecule has 1 aromatic carbocycles. The minimum absolute atomic E-state index is 0.0141. The molecule has 2 heterocycles. The average Bonchev–Trinajstić information content (AvgIpc) is 2.68. The van der Waals surface area contributed by atoms with E-state index in [0.29, 0.717) is 11.3 Å². The molecule has 3 rings (SSSR count). The Hall–Kier alpha value is -2.73. The number of hydrogen-bond donors (Lipinski definition) is 1. The highest BCUT2D eigenvalue weighted by Crippen LogP contribution is 2.16. The molecule has 0 spiro atoms. The van der Waals surface area contributed by atoms with E-state index in [4.69, 9.17) is 0 Å². The van der Waals surface area contributed by atoms with E-state index in [0.717, 1.165) is 32.0 Å². The van der Waals surface area contributed by atoms with Gasteiger partial charge in [0.05, 0.1) is 6.04 Å². The fourth-order valence-electron chi connectivity index (χ4n) is 3.11. The SMILES string of the molecule is CC(=O)c1cccc(NC(=O)[C@@H](C)N2CCN(c3ccccn3)CC2)c1. The Labute approximate surface area is 153 Å². The lowest BCUT2D eigenvalue weighted by atomic mass is 10.1. The monoisotopic (exact) mass is 352 g/mol. The Kier molecular flexibility index (Phi) is 5.63. The molecule has 0 saturated carbocycles. The number of nitrogens with zero attached hydrogens (tertiary/aromatic N) is 3. The van der Waals surface area contributed by atoms with Gasteiger partial charge in [-0.15, -0.1) is 0 Å². The maximum absolute atomic E-state index is 12.6. The zero-order valence-corrected chi connectivity index (χ0v) is 15.2. The van der Waals surface area contributed by atoms with E-state index in [9.17, 15) is 9.59 Å². The van der Waals surface area contributed by atoms with E-state index in [2.05, 4.69) is 20.1 Å². The average molecular weight is 352 g/mol. The zero-order chi connectivity index (χ0) is 18.5. The minimum atomic E-state index is -0.234. The molecule has 1 atom stereocenters. The predicted molar refractivity (Wildman–Crippen MR) is 103 cm³/mol. The number of Topliss-reactive ketones (excluding diaryl/α,β-unsaturated/α-hetero) is 1. The van der Waals surface area contributed by atoms with Crippen molar-refractivity contribution in [3.05, 3.63) is 54.2 Å². The maximum Gasteiger partial charge on any atom is 0.241 e. The molecule has 1 aliphatic heterocycles. The number of hydrogen-bond acceptors (Lipinski definition) is 5. The molecule has 6 nitrogen and oxygen atoms in total. The number of nitrogens with one attached hydrogen (secondary N) is 1. The molecule has 1 fully saturated rings. The summed E-state index contributed by atoms with van der Waals surface area (Å²) < 4.78 is 0. The molecule has 0 unspecified atom stereocenters. The van der Waals surface area contributed by atoms with Gasteiger partial charge in [0.2, 0.25) is 5.91 Å². The number of ketones is 1. The van der Waals surface area contributed by atoms with E-state index < -0.39 is 0 Å². The summed E-state index contributed by atoms with van der Waals surface area (Å²) in [5.41, 5.74) is 1.25. The van der Waals surface area contributed by atoms with Crippen molar-refractivity contribution >= 4 is 23.2 Å².